The second kappa shape index (κ2) is 4.78. The molecule has 0 saturated heterocycles. The van der Waals surface area contributed by atoms with Crippen molar-refractivity contribution in [2.45, 2.75) is 6.92 Å². The minimum Gasteiger partial charge on any atom is -0.321 e. The maximum atomic E-state index is 12.4. The molecule has 0 atom stereocenters. The van der Waals surface area contributed by atoms with E-state index in [-0.39, 0.29) is 11.7 Å². The predicted octanol–water partition coefficient (Wildman–Crippen LogP) is 3.30. The van der Waals surface area contributed by atoms with Crippen LogP contribution in [0.2, 0.25) is 0 Å². The number of anilines is 1. The van der Waals surface area contributed by atoms with Crippen molar-refractivity contribution in [2.24, 2.45) is 0 Å². The summed E-state index contributed by atoms with van der Waals surface area (Å²) in [5, 5.41) is 2.79. The molecule has 0 saturated carbocycles. The molecular weight excluding hydrogens is 250 g/mol. The summed E-state index contributed by atoms with van der Waals surface area (Å²) < 4.78 is 0. The molecule has 2 aromatic rings. The normalized spacial score (nSPS) is 15.6. The lowest BCUT2D eigenvalue weighted by molar-refractivity contribution is -0.110. The number of amides is 1. The lowest BCUT2D eigenvalue weighted by atomic mass is 9.96. The highest BCUT2D eigenvalue weighted by atomic mass is 16.2. The van der Waals surface area contributed by atoms with Crippen molar-refractivity contribution in [1.29, 1.82) is 0 Å². The van der Waals surface area contributed by atoms with Crippen molar-refractivity contribution in [1.82, 2.24) is 0 Å². The summed E-state index contributed by atoms with van der Waals surface area (Å²) in [6.45, 7) is 1.70. The summed E-state index contributed by atoms with van der Waals surface area (Å²) in [6, 6.07) is 16.4. The number of hydrogen-bond donors (Lipinski definition) is 1. The SMILES string of the molecule is C/C(C(=O)c1ccccc1)=C1/C(=O)Nc2ccccc21. The van der Waals surface area contributed by atoms with E-state index < -0.39 is 0 Å². The van der Waals surface area contributed by atoms with Crippen LogP contribution in [0.15, 0.2) is 60.2 Å². The van der Waals surface area contributed by atoms with Gasteiger partial charge in [-0.1, -0.05) is 48.5 Å². The molecule has 0 fully saturated rings. The monoisotopic (exact) mass is 263 g/mol. The maximum absolute atomic E-state index is 12.4. The Morgan fingerprint density at radius 1 is 0.950 bits per heavy atom. The number of carbonyl (C=O) groups excluding carboxylic acids is 2. The Morgan fingerprint density at radius 2 is 1.60 bits per heavy atom. The average molecular weight is 263 g/mol. The van der Waals surface area contributed by atoms with Crippen LogP contribution in [0.1, 0.15) is 22.8 Å². The molecule has 2 aromatic carbocycles. The van der Waals surface area contributed by atoms with Gasteiger partial charge in [0, 0.05) is 22.4 Å². The molecule has 1 N–H and O–H groups in total. The Bertz CT molecular complexity index is 730. The van der Waals surface area contributed by atoms with Crippen LogP contribution in [-0.2, 0) is 4.79 Å². The standard InChI is InChI=1S/C17H13NO2/c1-11(16(19)12-7-3-2-4-8-12)15-13-9-5-6-10-14(13)18-17(15)20/h2-10H,1H3,(H,18,20)/b15-11-. The molecule has 0 unspecified atom stereocenters. The summed E-state index contributed by atoms with van der Waals surface area (Å²) in [6.07, 6.45) is 0. The minimum absolute atomic E-state index is 0.118. The van der Waals surface area contributed by atoms with Gasteiger partial charge in [0.15, 0.2) is 5.78 Å². The molecule has 3 nitrogen and oxygen atoms in total. The van der Waals surface area contributed by atoms with E-state index >= 15 is 0 Å². The van der Waals surface area contributed by atoms with Crippen LogP contribution in [0.5, 0.6) is 0 Å². The molecule has 0 aliphatic carbocycles. The number of para-hydroxylation sites is 1. The fourth-order valence-electron chi connectivity index (χ4n) is 2.41. The smallest absolute Gasteiger partial charge is 0.256 e. The van der Waals surface area contributed by atoms with Gasteiger partial charge in [-0.25, -0.2) is 0 Å². The Kier molecular flexibility index (Phi) is 2.95. The zero-order valence-electron chi connectivity index (χ0n) is 11.0. The summed E-state index contributed by atoms with van der Waals surface area (Å²) in [5.41, 5.74) is 3.08. The van der Waals surface area contributed by atoms with Crippen molar-refractivity contribution in [2.75, 3.05) is 5.32 Å². The van der Waals surface area contributed by atoms with E-state index in [4.69, 9.17) is 0 Å². The first kappa shape index (κ1) is 12.4. The molecule has 0 bridgehead atoms. The number of rotatable bonds is 2. The van der Waals surface area contributed by atoms with Gasteiger partial charge in [0.05, 0.1) is 5.57 Å². The fraction of sp³-hybridized carbons (Fsp3) is 0.0588. The van der Waals surface area contributed by atoms with Crippen LogP contribution in [0, 0.1) is 0 Å². The molecule has 0 spiro atoms. The van der Waals surface area contributed by atoms with Gasteiger partial charge in [0.25, 0.3) is 5.91 Å². The van der Waals surface area contributed by atoms with E-state index in [0.29, 0.717) is 16.7 Å². The largest absolute Gasteiger partial charge is 0.321 e. The highest BCUT2D eigenvalue weighted by molar-refractivity contribution is 6.36. The number of Topliss-reactive ketones (excluding diaryl/α,β-unsaturated/α-hetero) is 1. The second-order valence-electron chi connectivity index (χ2n) is 4.69. The zero-order valence-corrected chi connectivity index (χ0v) is 11.0. The number of benzene rings is 2. The van der Waals surface area contributed by atoms with Crippen LogP contribution < -0.4 is 5.32 Å². The molecule has 1 heterocycles. The molecule has 1 aliphatic heterocycles. The Balaban J connectivity index is 2.11. The molecule has 3 heteroatoms. The van der Waals surface area contributed by atoms with Gasteiger partial charge in [-0.15, -0.1) is 0 Å². The molecule has 1 amide bonds. The molecule has 0 aromatic heterocycles. The first-order chi connectivity index (χ1) is 9.68. The van der Waals surface area contributed by atoms with E-state index in [0.717, 1.165) is 11.3 Å². The van der Waals surface area contributed by atoms with E-state index in [1.165, 1.54) is 0 Å². The number of allylic oxidation sites excluding steroid dienone is 1. The van der Waals surface area contributed by atoms with Crippen molar-refractivity contribution < 1.29 is 9.59 Å². The third-order valence-corrected chi connectivity index (χ3v) is 3.42. The summed E-state index contributed by atoms with van der Waals surface area (Å²) in [4.78, 5) is 24.5. The van der Waals surface area contributed by atoms with Gasteiger partial charge < -0.3 is 5.32 Å². The number of fused-ring (bicyclic) bond motifs is 1. The van der Waals surface area contributed by atoms with Gasteiger partial charge >= 0.3 is 0 Å². The van der Waals surface area contributed by atoms with Gasteiger partial charge in [-0.2, -0.15) is 0 Å². The van der Waals surface area contributed by atoms with Gasteiger partial charge in [0.2, 0.25) is 0 Å². The van der Waals surface area contributed by atoms with Gasteiger partial charge in [-0.05, 0) is 13.0 Å². The maximum Gasteiger partial charge on any atom is 0.256 e. The molecule has 1 aliphatic rings. The van der Waals surface area contributed by atoms with Crippen molar-refractivity contribution in [3.8, 4) is 0 Å². The van der Waals surface area contributed by atoms with E-state index in [1.807, 2.05) is 42.5 Å². The minimum atomic E-state index is -0.215. The Hall–Kier alpha value is -2.68. The number of ketones is 1. The quantitative estimate of drug-likeness (QED) is 0.667. The van der Waals surface area contributed by atoms with Gasteiger partial charge in [-0.3, -0.25) is 9.59 Å². The molecule has 20 heavy (non-hydrogen) atoms. The summed E-state index contributed by atoms with van der Waals surface area (Å²) in [7, 11) is 0. The molecule has 0 radical (unpaired) electrons. The topological polar surface area (TPSA) is 46.2 Å². The summed E-state index contributed by atoms with van der Waals surface area (Å²) in [5.74, 6) is -0.333. The highest BCUT2D eigenvalue weighted by Crippen LogP contribution is 2.34. The van der Waals surface area contributed by atoms with Gasteiger partial charge in [0.1, 0.15) is 0 Å². The lowest BCUT2D eigenvalue weighted by Crippen LogP contribution is -2.10. The molecular formula is C17H13NO2. The number of carbonyl (C=O) groups is 2. The highest BCUT2D eigenvalue weighted by Gasteiger charge is 2.27. The lowest BCUT2D eigenvalue weighted by Gasteiger charge is -2.05. The Labute approximate surface area is 116 Å². The second-order valence-corrected chi connectivity index (χ2v) is 4.69. The zero-order chi connectivity index (χ0) is 14.1. The number of nitrogens with one attached hydrogen (secondary N) is 1. The van der Waals surface area contributed by atoms with Crippen LogP contribution in [0.3, 0.4) is 0 Å². The van der Waals surface area contributed by atoms with Crippen LogP contribution in [0.25, 0.3) is 5.57 Å². The first-order valence-electron chi connectivity index (χ1n) is 6.40. The van der Waals surface area contributed by atoms with E-state index in [2.05, 4.69) is 5.32 Å². The predicted molar refractivity (Wildman–Crippen MR) is 78.4 cm³/mol. The molecule has 3 rings (SSSR count). The Morgan fingerprint density at radius 3 is 2.35 bits per heavy atom. The van der Waals surface area contributed by atoms with Crippen molar-refractivity contribution in [3.05, 3.63) is 71.3 Å². The fourth-order valence-corrected chi connectivity index (χ4v) is 2.41. The average Bonchev–Trinajstić information content (AvgIpc) is 2.82. The summed E-state index contributed by atoms with van der Waals surface area (Å²) >= 11 is 0. The van der Waals surface area contributed by atoms with E-state index in [1.54, 1.807) is 19.1 Å². The molecule has 98 valence electrons. The first-order valence-corrected chi connectivity index (χ1v) is 6.40. The van der Waals surface area contributed by atoms with Crippen LogP contribution >= 0.6 is 0 Å². The van der Waals surface area contributed by atoms with E-state index in [9.17, 15) is 9.59 Å². The van der Waals surface area contributed by atoms with Crippen molar-refractivity contribution >= 4 is 23.0 Å². The van der Waals surface area contributed by atoms with Crippen LogP contribution in [-0.4, -0.2) is 11.7 Å². The number of hydrogen-bond acceptors (Lipinski definition) is 2. The third kappa shape index (κ3) is 1.93. The third-order valence-electron chi connectivity index (χ3n) is 3.42. The van der Waals surface area contributed by atoms with Crippen LogP contribution in [0.4, 0.5) is 5.69 Å². The van der Waals surface area contributed by atoms with Crippen molar-refractivity contribution in [3.63, 3.8) is 0 Å².